The van der Waals surface area contributed by atoms with E-state index in [0.29, 0.717) is 19.0 Å². The first kappa shape index (κ1) is 15.8. The summed E-state index contributed by atoms with van der Waals surface area (Å²) < 4.78 is 40.1. The fourth-order valence-electron chi connectivity index (χ4n) is 2.83. The number of nitrogens with zero attached hydrogens (tertiary/aromatic N) is 5. The molecule has 5 nitrogen and oxygen atoms in total. The second-order valence-corrected chi connectivity index (χ2v) is 5.73. The molecule has 0 amide bonds. The van der Waals surface area contributed by atoms with E-state index >= 15 is 0 Å². The van der Waals surface area contributed by atoms with Crippen molar-refractivity contribution in [3.05, 3.63) is 36.4 Å². The summed E-state index contributed by atoms with van der Waals surface area (Å²) >= 11 is 0. The number of piperidine rings is 1. The van der Waals surface area contributed by atoms with E-state index in [1.165, 1.54) is 6.20 Å². The minimum Gasteiger partial charge on any atom is -0.341 e. The molecule has 1 aliphatic heterocycles. The van der Waals surface area contributed by atoms with Gasteiger partial charge in [0.1, 0.15) is 5.69 Å². The Kier molecular flexibility index (Phi) is 4.49. The Bertz CT molecular complexity index is 618. The van der Waals surface area contributed by atoms with Crippen molar-refractivity contribution in [2.75, 3.05) is 18.0 Å². The fraction of sp³-hybridized carbons (Fsp3) is 0.533. The maximum atomic E-state index is 12.7. The number of aromatic nitrogens is 4. The Morgan fingerprint density at radius 3 is 2.61 bits per heavy atom. The summed E-state index contributed by atoms with van der Waals surface area (Å²) in [6, 6.07) is 2.80. The van der Waals surface area contributed by atoms with Crippen molar-refractivity contribution in [3.63, 3.8) is 0 Å². The Balaban J connectivity index is 1.54. The molecule has 2 aromatic rings. The Labute approximate surface area is 132 Å². The van der Waals surface area contributed by atoms with Gasteiger partial charge >= 0.3 is 6.18 Å². The standard InChI is InChI=1S/C15H18F3N5/c16-15(17,18)13-2-7-19-14(21-13)22-9-3-12(4-10-22)5-11-23-8-1-6-20-23/h1-2,6-8,12H,3-5,9-11H2. The lowest BCUT2D eigenvalue weighted by Gasteiger charge is -2.32. The quantitative estimate of drug-likeness (QED) is 0.867. The molecule has 0 spiro atoms. The first-order valence-electron chi connectivity index (χ1n) is 7.65. The lowest BCUT2D eigenvalue weighted by Crippen LogP contribution is -2.35. The monoisotopic (exact) mass is 325 g/mol. The van der Waals surface area contributed by atoms with Crippen LogP contribution in [0.25, 0.3) is 0 Å². The third-order valence-corrected chi connectivity index (χ3v) is 4.16. The van der Waals surface area contributed by atoms with E-state index in [0.717, 1.165) is 31.9 Å². The number of hydrogen-bond acceptors (Lipinski definition) is 4. The van der Waals surface area contributed by atoms with Crippen LogP contribution in [0.3, 0.4) is 0 Å². The first-order valence-corrected chi connectivity index (χ1v) is 7.65. The van der Waals surface area contributed by atoms with Crippen LogP contribution >= 0.6 is 0 Å². The largest absolute Gasteiger partial charge is 0.433 e. The van der Waals surface area contributed by atoms with E-state index in [2.05, 4.69) is 15.1 Å². The molecule has 8 heteroatoms. The van der Waals surface area contributed by atoms with Gasteiger partial charge in [-0.3, -0.25) is 4.68 Å². The zero-order valence-corrected chi connectivity index (χ0v) is 12.6. The van der Waals surface area contributed by atoms with Crippen LogP contribution in [-0.2, 0) is 12.7 Å². The third-order valence-electron chi connectivity index (χ3n) is 4.16. The normalized spacial score (nSPS) is 16.7. The lowest BCUT2D eigenvalue weighted by atomic mass is 9.94. The van der Waals surface area contributed by atoms with Crippen LogP contribution in [0.15, 0.2) is 30.7 Å². The van der Waals surface area contributed by atoms with E-state index in [9.17, 15) is 13.2 Å². The van der Waals surface area contributed by atoms with Crippen molar-refractivity contribution in [1.29, 1.82) is 0 Å². The van der Waals surface area contributed by atoms with E-state index in [-0.39, 0.29) is 5.95 Å². The average molecular weight is 325 g/mol. The van der Waals surface area contributed by atoms with Gasteiger partial charge in [-0.1, -0.05) is 0 Å². The number of halogens is 3. The topological polar surface area (TPSA) is 46.8 Å². The minimum atomic E-state index is -4.43. The summed E-state index contributed by atoms with van der Waals surface area (Å²) in [5.74, 6) is 0.728. The molecule has 23 heavy (non-hydrogen) atoms. The molecule has 0 aromatic carbocycles. The lowest BCUT2D eigenvalue weighted by molar-refractivity contribution is -0.141. The van der Waals surface area contributed by atoms with Crippen LogP contribution in [0.2, 0.25) is 0 Å². The minimum absolute atomic E-state index is 0.172. The third kappa shape index (κ3) is 4.00. The Morgan fingerprint density at radius 2 is 1.96 bits per heavy atom. The predicted octanol–water partition coefficient (Wildman–Crippen LogP) is 3.00. The van der Waals surface area contributed by atoms with Crippen LogP contribution < -0.4 is 4.90 Å². The highest BCUT2D eigenvalue weighted by Gasteiger charge is 2.33. The Morgan fingerprint density at radius 1 is 1.17 bits per heavy atom. The van der Waals surface area contributed by atoms with E-state index in [1.54, 1.807) is 6.20 Å². The van der Waals surface area contributed by atoms with Crippen LogP contribution in [0.4, 0.5) is 19.1 Å². The average Bonchev–Trinajstić information content (AvgIpc) is 3.06. The number of rotatable bonds is 4. The van der Waals surface area contributed by atoms with Crippen molar-refractivity contribution >= 4 is 5.95 Å². The molecule has 0 saturated carbocycles. The highest BCUT2D eigenvalue weighted by molar-refractivity contribution is 5.31. The van der Waals surface area contributed by atoms with E-state index in [4.69, 9.17) is 0 Å². The molecule has 1 aliphatic rings. The summed E-state index contributed by atoms with van der Waals surface area (Å²) in [6.45, 7) is 2.24. The molecule has 0 radical (unpaired) electrons. The number of aryl methyl sites for hydroxylation is 1. The van der Waals surface area contributed by atoms with Gasteiger partial charge in [0.05, 0.1) is 0 Å². The van der Waals surface area contributed by atoms with Crippen molar-refractivity contribution in [3.8, 4) is 0 Å². The molecule has 2 aromatic heterocycles. The summed E-state index contributed by atoms with van der Waals surface area (Å²) in [4.78, 5) is 9.48. The van der Waals surface area contributed by atoms with Gasteiger partial charge in [-0.15, -0.1) is 0 Å². The highest BCUT2D eigenvalue weighted by Crippen LogP contribution is 2.29. The zero-order valence-electron chi connectivity index (χ0n) is 12.6. The van der Waals surface area contributed by atoms with Crippen molar-refractivity contribution < 1.29 is 13.2 Å². The van der Waals surface area contributed by atoms with Gasteiger partial charge in [0.25, 0.3) is 0 Å². The van der Waals surface area contributed by atoms with Gasteiger partial charge < -0.3 is 4.90 Å². The Hall–Kier alpha value is -2.12. The second kappa shape index (κ2) is 6.55. The number of anilines is 1. The second-order valence-electron chi connectivity index (χ2n) is 5.73. The smallest absolute Gasteiger partial charge is 0.341 e. The van der Waals surface area contributed by atoms with Crippen molar-refractivity contribution in [2.24, 2.45) is 5.92 Å². The van der Waals surface area contributed by atoms with Gasteiger partial charge in [0, 0.05) is 38.2 Å². The summed E-state index contributed by atoms with van der Waals surface area (Å²) in [5.41, 5.74) is -0.886. The van der Waals surface area contributed by atoms with Crippen LogP contribution in [0.1, 0.15) is 25.0 Å². The number of alkyl halides is 3. The fourth-order valence-corrected chi connectivity index (χ4v) is 2.83. The molecular formula is C15H18F3N5. The van der Waals surface area contributed by atoms with E-state index in [1.807, 2.05) is 21.8 Å². The molecular weight excluding hydrogens is 307 g/mol. The highest BCUT2D eigenvalue weighted by atomic mass is 19.4. The molecule has 1 saturated heterocycles. The van der Waals surface area contributed by atoms with Gasteiger partial charge in [-0.2, -0.15) is 18.3 Å². The van der Waals surface area contributed by atoms with Gasteiger partial charge in [-0.25, -0.2) is 9.97 Å². The van der Waals surface area contributed by atoms with Crippen molar-refractivity contribution in [1.82, 2.24) is 19.7 Å². The molecule has 3 rings (SSSR count). The molecule has 0 atom stereocenters. The molecule has 3 heterocycles. The SMILES string of the molecule is FC(F)(F)c1ccnc(N2CCC(CCn3cccn3)CC2)n1. The van der Waals surface area contributed by atoms with Crippen LogP contribution in [-0.4, -0.2) is 32.8 Å². The molecule has 0 aliphatic carbocycles. The molecule has 124 valence electrons. The number of hydrogen-bond donors (Lipinski definition) is 0. The molecule has 1 fully saturated rings. The maximum Gasteiger partial charge on any atom is 0.433 e. The molecule has 0 bridgehead atoms. The van der Waals surface area contributed by atoms with Gasteiger partial charge in [0.2, 0.25) is 5.95 Å². The maximum absolute atomic E-state index is 12.7. The summed E-state index contributed by atoms with van der Waals surface area (Å²) in [7, 11) is 0. The van der Waals surface area contributed by atoms with Crippen LogP contribution in [0, 0.1) is 5.92 Å². The molecule has 0 unspecified atom stereocenters. The molecule has 0 N–H and O–H groups in total. The summed E-state index contributed by atoms with van der Waals surface area (Å²) in [6.07, 6.45) is 3.33. The summed E-state index contributed by atoms with van der Waals surface area (Å²) in [5, 5.41) is 4.18. The van der Waals surface area contributed by atoms with Gasteiger partial charge in [0.15, 0.2) is 0 Å². The zero-order chi connectivity index (χ0) is 16.3. The van der Waals surface area contributed by atoms with Gasteiger partial charge in [-0.05, 0) is 37.3 Å². The van der Waals surface area contributed by atoms with Crippen LogP contribution in [0.5, 0.6) is 0 Å². The van der Waals surface area contributed by atoms with Crippen molar-refractivity contribution in [2.45, 2.75) is 32.0 Å². The van der Waals surface area contributed by atoms with E-state index < -0.39 is 11.9 Å². The predicted molar refractivity (Wildman–Crippen MR) is 78.8 cm³/mol. The first-order chi connectivity index (χ1) is 11.0.